The Bertz CT molecular complexity index is 1950. The van der Waals surface area contributed by atoms with Crippen LogP contribution in [-0.4, -0.2) is 75.9 Å². The van der Waals surface area contributed by atoms with Gasteiger partial charge in [0.05, 0.1) is 23.8 Å². The Hall–Kier alpha value is -5.47. The van der Waals surface area contributed by atoms with E-state index in [4.69, 9.17) is 23.7 Å². The van der Waals surface area contributed by atoms with Crippen LogP contribution in [0, 0.1) is 0 Å². The SMILES string of the molecule is COc1nn([C@@H]2O[C@H](COC(=O)c3ccccc3)[C@@H](OC(=O)c3ccccc3)[C@H]2OC(=O)c2ccccc2)c2nc(SC)[nH]c(=O)c12. The molecule has 6 rings (SSSR count). The molecule has 0 spiro atoms. The van der Waals surface area contributed by atoms with Crippen LogP contribution in [-0.2, 0) is 18.9 Å². The van der Waals surface area contributed by atoms with Gasteiger partial charge in [-0.1, -0.05) is 66.4 Å². The maximum atomic E-state index is 13.5. The molecule has 3 heterocycles. The fourth-order valence-corrected chi connectivity index (χ4v) is 5.44. The average molecular weight is 657 g/mol. The molecule has 0 unspecified atom stereocenters. The first-order chi connectivity index (χ1) is 22.9. The third-order valence-corrected chi connectivity index (χ3v) is 7.89. The van der Waals surface area contributed by atoms with E-state index in [2.05, 4.69) is 15.1 Å². The molecule has 14 heteroatoms. The molecule has 5 aromatic rings. The van der Waals surface area contributed by atoms with Gasteiger partial charge in [-0.3, -0.25) is 4.79 Å². The highest BCUT2D eigenvalue weighted by atomic mass is 32.2. The van der Waals surface area contributed by atoms with Crippen molar-refractivity contribution in [3.63, 3.8) is 0 Å². The molecule has 0 aliphatic carbocycles. The van der Waals surface area contributed by atoms with Gasteiger partial charge in [0.25, 0.3) is 5.56 Å². The number of methoxy groups -OCH3 is 1. The summed E-state index contributed by atoms with van der Waals surface area (Å²) in [4.78, 5) is 60.1. The number of carbonyl (C=O) groups is 3. The molecule has 0 bridgehead atoms. The summed E-state index contributed by atoms with van der Waals surface area (Å²) in [6, 6.07) is 24.8. The first kappa shape index (κ1) is 31.5. The minimum Gasteiger partial charge on any atom is -0.479 e. The van der Waals surface area contributed by atoms with Gasteiger partial charge < -0.3 is 28.7 Å². The molecule has 3 aromatic carbocycles. The number of fused-ring (bicyclic) bond motifs is 1. The average Bonchev–Trinajstić information content (AvgIpc) is 3.65. The van der Waals surface area contributed by atoms with Gasteiger partial charge in [0.2, 0.25) is 5.88 Å². The van der Waals surface area contributed by atoms with Gasteiger partial charge in [0.1, 0.15) is 18.1 Å². The Morgan fingerprint density at radius 3 is 1.89 bits per heavy atom. The highest BCUT2D eigenvalue weighted by Crippen LogP contribution is 2.38. The summed E-state index contributed by atoms with van der Waals surface area (Å²) >= 11 is 1.19. The zero-order valence-corrected chi connectivity index (χ0v) is 25.9. The number of rotatable bonds is 10. The molecule has 1 aliphatic heterocycles. The lowest BCUT2D eigenvalue weighted by atomic mass is 10.1. The van der Waals surface area contributed by atoms with Crippen LogP contribution in [0.3, 0.4) is 0 Å². The van der Waals surface area contributed by atoms with Crippen molar-refractivity contribution < 1.29 is 38.1 Å². The monoisotopic (exact) mass is 656 g/mol. The fraction of sp³-hybridized carbons (Fsp3) is 0.212. The molecule has 240 valence electrons. The summed E-state index contributed by atoms with van der Waals surface area (Å²) in [5.74, 6) is -2.18. The summed E-state index contributed by atoms with van der Waals surface area (Å²) in [5, 5.41) is 4.75. The lowest BCUT2D eigenvalue weighted by molar-refractivity contribution is -0.0657. The van der Waals surface area contributed by atoms with Crippen LogP contribution in [0.15, 0.2) is 101 Å². The third-order valence-electron chi connectivity index (χ3n) is 7.31. The highest BCUT2D eigenvalue weighted by molar-refractivity contribution is 7.98. The van der Waals surface area contributed by atoms with Crippen LogP contribution in [0.2, 0.25) is 0 Å². The number of nitrogens with zero attached hydrogens (tertiary/aromatic N) is 3. The largest absolute Gasteiger partial charge is 0.479 e. The predicted molar refractivity (Wildman–Crippen MR) is 168 cm³/mol. The second-order valence-corrected chi connectivity index (χ2v) is 11.0. The standard InChI is InChI=1S/C33H28N4O9S/c1-42-28-23-26(34-33(47-2)35-27(23)38)37(36-28)29-25(46-32(41)21-16-10-5-11-17-21)24(45-31(40)20-14-8-4-9-15-20)22(44-29)18-43-30(39)19-12-6-3-7-13-19/h3-17,22,24-25,29H,18H2,1-2H3,(H,34,35,38)/t22-,24-,25-,29-/m1/s1. The van der Waals surface area contributed by atoms with Gasteiger partial charge in [0.15, 0.2) is 29.2 Å². The molecule has 1 fully saturated rings. The number of hydrogen-bond acceptors (Lipinski definition) is 12. The zero-order chi connectivity index (χ0) is 32.9. The Labute approximate surface area is 271 Å². The van der Waals surface area contributed by atoms with Gasteiger partial charge >= 0.3 is 17.9 Å². The summed E-state index contributed by atoms with van der Waals surface area (Å²) in [7, 11) is 1.34. The first-order valence-corrected chi connectivity index (χ1v) is 15.6. The van der Waals surface area contributed by atoms with Crippen molar-refractivity contribution in [3.8, 4) is 5.88 Å². The lowest BCUT2D eigenvalue weighted by Crippen LogP contribution is -2.41. The van der Waals surface area contributed by atoms with Gasteiger partial charge in [-0.15, -0.1) is 5.10 Å². The summed E-state index contributed by atoms with van der Waals surface area (Å²) < 4.78 is 30.6. The first-order valence-electron chi connectivity index (χ1n) is 14.4. The number of esters is 3. The minimum absolute atomic E-state index is 0.0267. The van der Waals surface area contributed by atoms with Gasteiger partial charge in [-0.25, -0.2) is 24.0 Å². The van der Waals surface area contributed by atoms with E-state index in [1.165, 1.54) is 23.6 Å². The molecular formula is C33H28N4O9S. The highest BCUT2D eigenvalue weighted by Gasteiger charge is 2.52. The number of thioether (sulfide) groups is 1. The van der Waals surface area contributed by atoms with E-state index >= 15 is 0 Å². The van der Waals surface area contributed by atoms with E-state index < -0.39 is 54.6 Å². The maximum absolute atomic E-state index is 13.5. The quantitative estimate of drug-likeness (QED) is 0.0995. The van der Waals surface area contributed by atoms with Crippen molar-refractivity contribution in [2.45, 2.75) is 29.7 Å². The summed E-state index contributed by atoms with van der Waals surface area (Å²) in [5.41, 5.74) is 0.297. The van der Waals surface area contributed by atoms with Crippen molar-refractivity contribution in [2.75, 3.05) is 20.0 Å². The van der Waals surface area contributed by atoms with Gasteiger partial charge in [-0.05, 0) is 42.7 Å². The van der Waals surface area contributed by atoms with E-state index in [1.54, 1.807) is 97.3 Å². The van der Waals surface area contributed by atoms with E-state index in [0.717, 1.165) is 0 Å². The van der Waals surface area contributed by atoms with Crippen molar-refractivity contribution in [3.05, 3.63) is 118 Å². The smallest absolute Gasteiger partial charge is 0.338 e. The molecular weight excluding hydrogens is 628 g/mol. The number of nitrogens with one attached hydrogen (secondary N) is 1. The van der Waals surface area contributed by atoms with Crippen LogP contribution >= 0.6 is 11.8 Å². The number of carbonyl (C=O) groups excluding carboxylic acids is 3. The number of hydrogen-bond donors (Lipinski definition) is 1. The Morgan fingerprint density at radius 2 is 1.36 bits per heavy atom. The zero-order valence-electron chi connectivity index (χ0n) is 25.1. The number of aromatic amines is 1. The topological polar surface area (TPSA) is 161 Å². The van der Waals surface area contributed by atoms with Crippen LogP contribution in [0.4, 0.5) is 0 Å². The summed E-state index contributed by atoms with van der Waals surface area (Å²) in [6.07, 6.45) is -3.40. The maximum Gasteiger partial charge on any atom is 0.338 e. The molecule has 13 nitrogen and oxygen atoms in total. The normalized spacial score (nSPS) is 18.9. The Kier molecular flexibility index (Phi) is 9.31. The van der Waals surface area contributed by atoms with Crippen LogP contribution < -0.4 is 10.3 Å². The minimum atomic E-state index is -1.36. The third kappa shape index (κ3) is 6.59. The van der Waals surface area contributed by atoms with E-state index in [1.807, 2.05) is 0 Å². The predicted octanol–water partition coefficient (Wildman–Crippen LogP) is 4.06. The van der Waals surface area contributed by atoms with Crippen molar-refractivity contribution >= 4 is 40.7 Å². The van der Waals surface area contributed by atoms with Crippen molar-refractivity contribution in [1.82, 2.24) is 19.7 Å². The van der Waals surface area contributed by atoms with Gasteiger partial charge in [-0.2, -0.15) is 0 Å². The van der Waals surface area contributed by atoms with E-state index in [0.29, 0.717) is 5.56 Å². The molecule has 1 saturated heterocycles. The molecule has 1 N–H and O–H groups in total. The number of ether oxygens (including phenoxy) is 5. The molecule has 2 aromatic heterocycles. The number of benzene rings is 3. The van der Waals surface area contributed by atoms with Crippen molar-refractivity contribution in [1.29, 1.82) is 0 Å². The Morgan fingerprint density at radius 1 is 0.830 bits per heavy atom. The molecule has 0 amide bonds. The van der Waals surface area contributed by atoms with Crippen LogP contribution in [0.1, 0.15) is 37.3 Å². The lowest BCUT2D eigenvalue weighted by Gasteiger charge is -2.24. The molecule has 4 atom stereocenters. The molecule has 0 radical (unpaired) electrons. The second-order valence-electron chi connectivity index (χ2n) is 10.2. The van der Waals surface area contributed by atoms with E-state index in [9.17, 15) is 19.2 Å². The summed E-state index contributed by atoms with van der Waals surface area (Å²) in [6.45, 7) is -0.392. The molecule has 1 aliphatic rings. The number of aromatic nitrogens is 4. The van der Waals surface area contributed by atoms with Gasteiger partial charge in [0, 0.05) is 0 Å². The second kappa shape index (κ2) is 13.9. The fourth-order valence-electron chi connectivity index (χ4n) is 5.07. The molecule has 47 heavy (non-hydrogen) atoms. The molecule has 0 saturated carbocycles. The van der Waals surface area contributed by atoms with Crippen LogP contribution in [0.5, 0.6) is 5.88 Å². The Balaban J connectivity index is 1.43. The van der Waals surface area contributed by atoms with Crippen molar-refractivity contribution in [2.24, 2.45) is 0 Å². The number of H-pyrrole nitrogens is 1. The van der Waals surface area contributed by atoms with E-state index in [-0.39, 0.29) is 33.2 Å². The van der Waals surface area contributed by atoms with Crippen LogP contribution in [0.25, 0.3) is 11.0 Å².